The van der Waals surface area contributed by atoms with Crippen LogP contribution < -0.4 is 0 Å². The highest BCUT2D eigenvalue weighted by atomic mass is 35.5. The van der Waals surface area contributed by atoms with E-state index >= 15 is 0 Å². The molecule has 0 aromatic carbocycles. The minimum absolute atomic E-state index is 0.591. The third-order valence-electron chi connectivity index (χ3n) is 2.83. The van der Waals surface area contributed by atoms with Crippen molar-refractivity contribution in [3.63, 3.8) is 0 Å². The zero-order valence-corrected chi connectivity index (χ0v) is 11.3. The molecule has 5 nitrogen and oxygen atoms in total. The average molecular weight is 274 g/mol. The van der Waals surface area contributed by atoms with Crippen LogP contribution in [0.15, 0.2) is 37.1 Å². The van der Waals surface area contributed by atoms with Crippen molar-refractivity contribution in [3.05, 3.63) is 47.6 Å². The molecule has 3 aromatic rings. The molecule has 3 heterocycles. The first-order valence-electron chi connectivity index (χ1n) is 5.80. The smallest absolute Gasteiger partial charge is 0.0988 e. The van der Waals surface area contributed by atoms with Gasteiger partial charge in [0.1, 0.15) is 0 Å². The number of aryl methyl sites for hydroxylation is 2. The van der Waals surface area contributed by atoms with Crippen LogP contribution in [0.1, 0.15) is 5.56 Å². The number of nitrogens with zero attached hydrogens (tertiary/aromatic N) is 5. The number of pyridine rings is 1. The normalized spacial score (nSPS) is 10.9. The Morgan fingerprint density at radius 2 is 2.00 bits per heavy atom. The van der Waals surface area contributed by atoms with Gasteiger partial charge in [0.15, 0.2) is 0 Å². The van der Waals surface area contributed by atoms with Gasteiger partial charge in [-0.3, -0.25) is 9.67 Å². The Morgan fingerprint density at radius 1 is 1.16 bits per heavy atom. The molecule has 0 atom stereocenters. The van der Waals surface area contributed by atoms with Crippen molar-refractivity contribution in [2.45, 2.75) is 6.92 Å². The number of halogens is 1. The third kappa shape index (κ3) is 2.24. The molecule has 0 aliphatic carbocycles. The van der Waals surface area contributed by atoms with Gasteiger partial charge in [0.2, 0.25) is 0 Å². The van der Waals surface area contributed by atoms with E-state index in [9.17, 15) is 0 Å². The van der Waals surface area contributed by atoms with Crippen molar-refractivity contribution in [2.24, 2.45) is 7.05 Å². The number of hydrogen-bond donors (Lipinski definition) is 0. The van der Waals surface area contributed by atoms with E-state index < -0.39 is 0 Å². The lowest BCUT2D eigenvalue weighted by Crippen LogP contribution is -1.95. The molecule has 0 aliphatic heterocycles. The highest BCUT2D eigenvalue weighted by Gasteiger charge is 2.10. The summed E-state index contributed by atoms with van der Waals surface area (Å²) in [5, 5.41) is 9.32. The monoisotopic (exact) mass is 273 g/mol. The van der Waals surface area contributed by atoms with Crippen molar-refractivity contribution in [1.29, 1.82) is 0 Å². The van der Waals surface area contributed by atoms with Gasteiger partial charge in [0, 0.05) is 31.2 Å². The van der Waals surface area contributed by atoms with E-state index in [1.54, 1.807) is 28.0 Å². The number of aromatic nitrogens is 5. The van der Waals surface area contributed by atoms with E-state index in [1.807, 2.05) is 32.4 Å². The van der Waals surface area contributed by atoms with Crippen LogP contribution in [-0.2, 0) is 7.05 Å². The van der Waals surface area contributed by atoms with Crippen LogP contribution >= 0.6 is 11.6 Å². The SMILES string of the molecule is Cc1cn(-c2cncc(Cl)c2)nc1-c1cnn(C)c1. The van der Waals surface area contributed by atoms with E-state index in [4.69, 9.17) is 11.6 Å². The predicted molar refractivity (Wildman–Crippen MR) is 73.3 cm³/mol. The van der Waals surface area contributed by atoms with Crippen molar-refractivity contribution in [3.8, 4) is 16.9 Å². The maximum absolute atomic E-state index is 5.94. The molecule has 0 bridgehead atoms. The van der Waals surface area contributed by atoms with E-state index in [0.29, 0.717) is 5.02 Å². The van der Waals surface area contributed by atoms with E-state index in [1.165, 1.54) is 0 Å². The Morgan fingerprint density at radius 3 is 2.68 bits per heavy atom. The van der Waals surface area contributed by atoms with Crippen molar-refractivity contribution < 1.29 is 0 Å². The molecular weight excluding hydrogens is 262 g/mol. The quantitative estimate of drug-likeness (QED) is 0.721. The molecule has 0 N–H and O–H groups in total. The minimum Gasteiger partial charge on any atom is -0.275 e. The molecule has 0 aliphatic rings. The second kappa shape index (κ2) is 4.51. The summed E-state index contributed by atoms with van der Waals surface area (Å²) in [5.74, 6) is 0. The Bertz CT molecular complexity index is 728. The Balaban J connectivity index is 2.06. The Hall–Kier alpha value is -2.14. The number of hydrogen-bond acceptors (Lipinski definition) is 3. The van der Waals surface area contributed by atoms with Crippen molar-refractivity contribution in [2.75, 3.05) is 0 Å². The van der Waals surface area contributed by atoms with Crippen LogP contribution in [0.5, 0.6) is 0 Å². The summed E-state index contributed by atoms with van der Waals surface area (Å²) >= 11 is 5.94. The van der Waals surface area contributed by atoms with Crippen LogP contribution in [0.4, 0.5) is 0 Å². The summed E-state index contributed by atoms with van der Waals surface area (Å²) in [6.45, 7) is 2.02. The molecule has 3 rings (SSSR count). The van der Waals surface area contributed by atoms with Crippen LogP contribution in [0.2, 0.25) is 5.02 Å². The molecule has 0 saturated carbocycles. The van der Waals surface area contributed by atoms with Gasteiger partial charge in [-0.1, -0.05) is 11.6 Å². The molecule has 0 saturated heterocycles. The van der Waals surface area contributed by atoms with Gasteiger partial charge in [-0.15, -0.1) is 0 Å². The van der Waals surface area contributed by atoms with Gasteiger partial charge < -0.3 is 0 Å². The summed E-state index contributed by atoms with van der Waals surface area (Å²) in [5.41, 5.74) is 3.82. The first kappa shape index (κ1) is 11.9. The van der Waals surface area contributed by atoms with Crippen molar-refractivity contribution in [1.82, 2.24) is 24.5 Å². The molecule has 6 heteroatoms. The van der Waals surface area contributed by atoms with Gasteiger partial charge in [-0.05, 0) is 18.6 Å². The van der Waals surface area contributed by atoms with Crippen LogP contribution in [-0.4, -0.2) is 24.5 Å². The maximum atomic E-state index is 5.94. The summed E-state index contributed by atoms with van der Waals surface area (Å²) in [4.78, 5) is 4.07. The molecule has 0 unspecified atom stereocenters. The molecular formula is C13H12ClN5. The van der Waals surface area contributed by atoms with E-state index in [2.05, 4.69) is 15.2 Å². The fourth-order valence-electron chi connectivity index (χ4n) is 1.95. The van der Waals surface area contributed by atoms with Gasteiger partial charge in [0.25, 0.3) is 0 Å². The molecule has 96 valence electrons. The average Bonchev–Trinajstić information content (AvgIpc) is 2.95. The fraction of sp³-hybridized carbons (Fsp3) is 0.154. The lowest BCUT2D eigenvalue weighted by Gasteiger charge is -2.00. The predicted octanol–water partition coefficient (Wildman–Crippen LogP) is 2.63. The highest BCUT2D eigenvalue weighted by molar-refractivity contribution is 6.30. The fourth-order valence-corrected chi connectivity index (χ4v) is 2.12. The highest BCUT2D eigenvalue weighted by Crippen LogP contribution is 2.22. The zero-order chi connectivity index (χ0) is 13.4. The molecule has 0 spiro atoms. The second-order valence-electron chi connectivity index (χ2n) is 4.37. The molecule has 0 amide bonds. The largest absolute Gasteiger partial charge is 0.275 e. The molecule has 0 radical (unpaired) electrons. The topological polar surface area (TPSA) is 48.5 Å². The standard InChI is InChI=1S/C13H12ClN5/c1-9-7-19(12-3-11(14)5-15-6-12)17-13(9)10-4-16-18(2)8-10/h3-8H,1-2H3. The molecule has 0 fully saturated rings. The maximum Gasteiger partial charge on any atom is 0.0988 e. The van der Waals surface area contributed by atoms with Gasteiger partial charge in [0.05, 0.1) is 28.8 Å². The summed E-state index contributed by atoms with van der Waals surface area (Å²) in [7, 11) is 1.89. The zero-order valence-electron chi connectivity index (χ0n) is 10.6. The van der Waals surface area contributed by atoms with Gasteiger partial charge in [-0.25, -0.2) is 4.68 Å². The lowest BCUT2D eigenvalue weighted by molar-refractivity contribution is 0.768. The van der Waals surface area contributed by atoms with Gasteiger partial charge >= 0.3 is 0 Å². The van der Waals surface area contributed by atoms with Gasteiger partial charge in [-0.2, -0.15) is 10.2 Å². The van der Waals surface area contributed by atoms with Crippen LogP contribution in [0.25, 0.3) is 16.9 Å². The number of rotatable bonds is 2. The van der Waals surface area contributed by atoms with Crippen molar-refractivity contribution >= 4 is 11.6 Å². The second-order valence-corrected chi connectivity index (χ2v) is 4.81. The molecule has 19 heavy (non-hydrogen) atoms. The first-order valence-corrected chi connectivity index (χ1v) is 6.17. The Kier molecular flexibility index (Phi) is 2.83. The van der Waals surface area contributed by atoms with E-state index in [-0.39, 0.29) is 0 Å². The van der Waals surface area contributed by atoms with Crippen LogP contribution in [0.3, 0.4) is 0 Å². The summed E-state index contributed by atoms with van der Waals surface area (Å²) < 4.78 is 3.53. The lowest BCUT2D eigenvalue weighted by atomic mass is 10.2. The molecule has 3 aromatic heterocycles. The first-order chi connectivity index (χ1) is 9.13. The van der Waals surface area contributed by atoms with E-state index in [0.717, 1.165) is 22.5 Å². The summed E-state index contributed by atoms with van der Waals surface area (Å²) in [6.07, 6.45) is 9.02. The minimum atomic E-state index is 0.591. The Labute approximate surface area is 115 Å². The van der Waals surface area contributed by atoms with Crippen LogP contribution in [0, 0.1) is 6.92 Å². The summed E-state index contributed by atoms with van der Waals surface area (Å²) in [6, 6.07) is 1.83. The third-order valence-corrected chi connectivity index (χ3v) is 3.04.